The van der Waals surface area contributed by atoms with Crippen LogP contribution in [-0.4, -0.2) is 80.6 Å². The van der Waals surface area contributed by atoms with Crippen molar-refractivity contribution >= 4 is 15.7 Å². The van der Waals surface area contributed by atoms with Gasteiger partial charge in [0.1, 0.15) is 17.8 Å². The maximum absolute atomic E-state index is 12.9. The van der Waals surface area contributed by atoms with Crippen LogP contribution in [0.25, 0.3) is 0 Å². The second kappa shape index (κ2) is 7.25. The van der Waals surface area contributed by atoms with Gasteiger partial charge in [-0.1, -0.05) is 6.07 Å². The molecule has 2 aliphatic heterocycles. The highest BCUT2D eigenvalue weighted by atomic mass is 32.2. The third kappa shape index (κ3) is 3.53. The summed E-state index contributed by atoms with van der Waals surface area (Å²) in [6.07, 6.45) is 3.27. The molecular weight excluding hydrogens is 380 g/mol. The topological polar surface area (TPSA) is 101 Å². The van der Waals surface area contributed by atoms with Crippen molar-refractivity contribution < 1.29 is 13.2 Å². The van der Waals surface area contributed by atoms with Gasteiger partial charge in [0.05, 0.1) is 24.1 Å². The van der Waals surface area contributed by atoms with Crippen LogP contribution >= 0.6 is 0 Å². The lowest BCUT2D eigenvalue weighted by Gasteiger charge is -2.43. The molecule has 0 N–H and O–H groups in total. The van der Waals surface area contributed by atoms with Crippen molar-refractivity contribution in [1.82, 2.24) is 29.5 Å². The number of hydrogen-bond acceptors (Lipinski definition) is 7. The lowest BCUT2D eigenvalue weighted by Crippen LogP contribution is -2.60. The molecule has 9 nitrogen and oxygen atoms in total. The number of carbonyl (C=O) groups is 1. The van der Waals surface area contributed by atoms with Crippen LogP contribution in [0.3, 0.4) is 0 Å². The van der Waals surface area contributed by atoms with Crippen molar-refractivity contribution in [2.45, 2.75) is 38.5 Å². The summed E-state index contributed by atoms with van der Waals surface area (Å²) in [6.45, 7) is 5.67. The maximum Gasteiger partial charge on any atom is 0.272 e. The Morgan fingerprint density at radius 2 is 2.00 bits per heavy atom. The van der Waals surface area contributed by atoms with E-state index in [4.69, 9.17) is 0 Å². The number of nitrogens with zero attached hydrogens (tertiary/aromatic N) is 6. The zero-order valence-electron chi connectivity index (χ0n) is 16.0. The molecule has 2 aromatic heterocycles. The SMILES string of the molecule is CC(C)n1cnnc1CN1CCN(C(=O)c2ccccn2)[C@@H]2CS(=O)(=O)C[C@@H]21. The Labute approximate surface area is 164 Å². The minimum absolute atomic E-state index is 0.0103. The van der Waals surface area contributed by atoms with E-state index in [2.05, 4.69) is 33.9 Å². The van der Waals surface area contributed by atoms with Gasteiger partial charge in [-0.2, -0.15) is 0 Å². The first-order valence-corrected chi connectivity index (χ1v) is 11.2. The zero-order chi connectivity index (χ0) is 19.9. The van der Waals surface area contributed by atoms with Gasteiger partial charge < -0.3 is 9.47 Å². The van der Waals surface area contributed by atoms with Gasteiger partial charge in [-0.15, -0.1) is 10.2 Å². The van der Waals surface area contributed by atoms with Gasteiger partial charge in [-0.3, -0.25) is 14.7 Å². The summed E-state index contributed by atoms with van der Waals surface area (Å²) in [7, 11) is -3.21. The molecule has 2 aliphatic rings. The summed E-state index contributed by atoms with van der Waals surface area (Å²) in [5, 5.41) is 8.22. The number of hydrogen-bond donors (Lipinski definition) is 0. The predicted octanol–water partition coefficient (Wildman–Crippen LogP) is 0.378. The van der Waals surface area contributed by atoms with Crippen molar-refractivity contribution in [3.8, 4) is 0 Å². The molecule has 0 aromatic carbocycles. The summed E-state index contributed by atoms with van der Waals surface area (Å²) < 4.78 is 26.8. The van der Waals surface area contributed by atoms with Crippen molar-refractivity contribution in [3.05, 3.63) is 42.2 Å². The fourth-order valence-electron chi connectivity index (χ4n) is 4.10. The van der Waals surface area contributed by atoms with Crippen LogP contribution in [0.15, 0.2) is 30.7 Å². The largest absolute Gasteiger partial charge is 0.330 e. The lowest BCUT2D eigenvalue weighted by molar-refractivity contribution is 0.0289. The molecule has 0 saturated carbocycles. The highest BCUT2D eigenvalue weighted by molar-refractivity contribution is 7.91. The van der Waals surface area contributed by atoms with E-state index in [-0.39, 0.29) is 35.5 Å². The zero-order valence-corrected chi connectivity index (χ0v) is 16.8. The van der Waals surface area contributed by atoms with E-state index < -0.39 is 9.84 Å². The first-order valence-electron chi connectivity index (χ1n) is 9.40. The summed E-state index contributed by atoms with van der Waals surface area (Å²) in [4.78, 5) is 20.9. The number of pyridine rings is 1. The Morgan fingerprint density at radius 1 is 1.21 bits per heavy atom. The number of amides is 1. The molecule has 150 valence electrons. The Balaban J connectivity index is 1.59. The fraction of sp³-hybridized carbons (Fsp3) is 0.556. The molecule has 0 bridgehead atoms. The van der Waals surface area contributed by atoms with Gasteiger partial charge in [-0.25, -0.2) is 8.42 Å². The Morgan fingerprint density at radius 3 is 2.71 bits per heavy atom. The third-order valence-corrected chi connectivity index (χ3v) is 7.18. The summed E-state index contributed by atoms with van der Waals surface area (Å²) in [5.74, 6) is 0.642. The van der Waals surface area contributed by atoms with Gasteiger partial charge in [-0.05, 0) is 26.0 Å². The first kappa shape index (κ1) is 19.0. The van der Waals surface area contributed by atoms with Crippen LogP contribution in [0.5, 0.6) is 0 Å². The van der Waals surface area contributed by atoms with Crippen LogP contribution in [0, 0.1) is 0 Å². The second-order valence-corrected chi connectivity index (χ2v) is 9.80. The van der Waals surface area contributed by atoms with E-state index in [0.29, 0.717) is 25.3 Å². The van der Waals surface area contributed by atoms with Crippen LogP contribution < -0.4 is 0 Å². The average Bonchev–Trinajstić information content (AvgIpc) is 3.25. The van der Waals surface area contributed by atoms with Gasteiger partial charge in [0.2, 0.25) is 0 Å². The lowest BCUT2D eigenvalue weighted by atomic mass is 10.0. The molecule has 0 aliphatic carbocycles. The highest BCUT2D eigenvalue weighted by Crippen LogP contribution is 2.29. The van der Waals surface area contributed by atoms with E-state index >= 15 is 0 Å². The fourth-order valence-corrected chi connectivity index (χ4v) is 6.11. The molecule has 0 unspecified atom stereocenters. The Hall–Kier alpha value is -2.33. The highest BCUT2D eigenvalue weighted by Gasteiger charge is 2.48. The monoisotopic (exact) mass is 404 g/mol. The standard InChI is InChI=1S/C18H24N6O3S/c1-13(2)24-12-20-21-17(24)9-22-7-8-23(16-11-28(26,27)10-15(16)22)18(25)14-5-3-4-6-19-14/h3-6,12-13,15-16H,7-11H2,1-2H3/t15-,16+/m0/s1. The van der Waals surface area contributed by atoms with Gasteiger partial charge in [0.25, 0.3) is 5.91 Å². The summed E-state index contributed by atoms with van der Waals surface area (Å²) in [6, 6.07) is 4.78. The quantitative estimate of drug-likeness (QED) is 0.726. The van der Waals surface area contributed by atoms with Crippen molar-refractivity contribution in [1.29, 1.82) is 0 Å². The molecule has 0 radical (unpaired) electrons. The minimum Gasteiger partial charge on any atom is -0.330 e. The Bertz CT molecular complexity index is 959. The number of piperazine rings is 1. The van der Waals surface area contributed by atoms with Crippen molar-refractivity contribution in [2.24, 2.45) is 0 Å². The van der Waals surface area contributed by atoms with E-state index in [0.717, 1.165) is 5.82 Å². The molecule has 2 atom stereocenters. The summed E-state index contributed by atoms with van der Waals surface area (Å²) in [5.41, 5.74) is 0.346. The first-order chi connectivity index (χ1) is 13.4. The van der Waals surface area contributed by atoms with Gasteiger partial charge in [0, 0.05) is 31.4 Å². The van der Waals surface area contributed by atoms with E-state index in [1.54, 1.807) is 35.6 Å². The molecule has 10 heteroatoms. The minimum atomic E-state index is -3.21. The molecule has 4 heterocycles. The van der Waals surface area contributed by atoms with Crippen molar-refractivity contribution in [3.63, 3.8) is 0 Å². The number of fused-ring (bicyclic) bond motifs is 1. The van der Waals surface area contributed by atoms with Crippen LogP contribution in [0.2, 0.25) is 0 Å². The third-order valence-electron chi connectivity index (χ3n) is 5.48. The van der Waals surface area contributed by atoms with E-state index in [1.807, 2.05) is 4.57 Å². The average molecular weight is 404 g/mol. The van der Waals surface area contributed by atoms with E-state index in [9.17, 15) is 13.2 Å². The molecule has 2 saturated heterocycles. The number of aromatic nitrogens is 4. The molecule has 1 amide bonds. The van der Waals surface area contributed by atoms with Gasteiger partial charge in [0.15, 0.2) is 9.84 Å². The number of rotatable bonds is 4. The molecular formula is C18H24N6O3S. The Kier molecular flexibility index (Phi) is 4.92. The molecule has 2 aromatic rings. The number of sulfone groups is 1. The number of carbonyl (C=O) groups excluding carboxylic acids is 1. The molecule has 0 spiro atoms. The van der Waals surface area contributed by atoms with Crippen LogP contribution in [0.1, 0.15) is 36.2 Å². The van der Waals surface area contributed by atoms with E-state index in [1.165, 1.54) is 0 Å². The second-order valence-electron chi connectivity index (χ2n) is 7.64. The van der Waals surface area contributed by atoms with Gasteiger partial charge >= 0.3 is 0 Å². The maximum atomic E-state index is 12.9. The predicted molar refractivity (Wildman–Crippen MR) is 102 cm³/mol. The van der Waals surface area contributed by atoms with Crippen LogP contribution in [-0.2, 0) is 16.4 Å². The smallest absolute Gasteiger partial charge is 0.272 e. The summed E-state index contributed by atoms with van der Waals surface area (Å²) >= 11 is 0. The molecule has 28 heavy (non-hydrogen) atoms. The normalized spacial score (nSPS) is 24.5. The molecule has 2 fully saturated rings. The van der Waals surface area contributed by atoms with Crippen molar-refractivity contribution in [2.75, 3.05) is 24.6 Å². The van der Waals surface area contributed by atoms with Crippen LogP contribution in [0.4, 0.5) is 0 Å². The molecule has 4 rings (SSSR count).